The molecule has 0 aliphatic carbocycles. The van der Waals surface area contributed by atoms with E-state index in [2.05, 4.69) is 24.5 Å². The van der Waals surface area contributed by atoms with E-state index in [0.717, 1.165) is 23.3 Å². The van der Waals surface area contributed by atoms with Crippen molar-refractivity contribution in [2.45, 2.75) is 58.0 Å². The number of carbonyl (C=O) groups is 1. The number of hydrogen-bond donors (Lipinski definition) is 3. The van der Waals surface area contributed by atoms with E-state index in [0.29, 0.717) is 35.9 Å². The summed E-state index contributed by atoms with van der Waals surface area (Å²) >= 11 is 0. The van der Waals surface area contributed by atoms with Crippen LogP contribution < -0.4 is 24.8 Å². The number of methoxy groups -OCH3 is 1. The summed E-state index contributed by atoms with van der Waals surface area (Å²) in [5, 5.41) is 17.6. The van der Waals surface area contributed by atoms with Crippen molar-refractivity contribution in [1.29, 1.82) is 0 Å². The number of aliphatic hydroxyl groups is 1. The summed E-state index contributed by atoms with van der Waals surface area (Å²) in [6, 6.07) is 21.3. The van der Waals surface area contributed by atoms with Gasteiger partial charge in [0.15, 0.2) is 11.4 Å². The number of carbonyl (C=O) groups excluding carboxylic acids is 1. The van der Waals surface area contributed by atoms with E-state index in [1.54, 1.807) is 33.1 Å². The first kappa shape index (κ1) is 26.5. The molecule has 1 heterocycles. The first-order valence-electron chi connectivity index (χ1n) is 12.5. The lowest BCUT2D eigenvalue weighted by Gasteiger charge is -2.35. The second kappa shape index (κ2) is 10.8. The van der Waals surface area contributed by atoms with Crippen LogP contribution in [0.5, 0.6) is 17.2 Å². The molecule has 7 heteroatoms. The summed E-state index contributed by atoms with van der Waals surface area (Å²) < 4.78 is 17.4. The molecule has 196 valence electrons. The molecule has 7 nitrogen and oxygen atoms in total. The van der Waals surface area contributed by atoms with Crippen LogP contribution in [0.1, 0.15) is 50.5 Å². The highest BCUT2D eigenvalue weighted by Crippen LogP contribution is 2.45. The van der Waals surface area contributed by atoms with Crippen LogP contribution in [0.3, 0.4) is 0 Å². The number of rotatable bonds is 10. The van der Waals surface area contributed by atoms with Crippen LogP contribution in [0.2, 0.25) is 0 Å². The molecule has 0 saturated carbocycles. The van der Waals surface area contributed by atoms with Gasteiger partial charge in [0.1, 0.15) is 23.8 Å². The van der Waals surface area contributed by atoms with Gasteiger partial charge in [0.05, 0.1) is 13.2 Å². The van der Waals surface area contributed by atoms with Gasteiger partial charge in [-0.1, -0.05) is 42.5 Å². The maximum Gasteiger partial charge on any atom is 0.268 e. The average Bonchev–Trinajstić information content (AvgIpc) is 2.87. The molecule has 3 aromatic carbocycles. The first-order valence-corrected chi connectivity index (χ1v) is 12.5. The van der Waals surface area contributed by atoms with Crippen molar-refractivity contribution >= 4 is 11.6 Å². The van der Waals surface area contributed by atoms with E-state index in [-0.39, 0.29) is 11.4 Å². The Morgan fingerprint density at radius 2 is 1.73 bits per heavy atom. The third-order valence-corrected chi connectivity index (χ3v) is 6.47. The van der Waals surface area contributed by atoms with Crippen molar-refractivity contribution in [2.24, 2.45) is 0 Å². The molecule has 0 saturated heterocycles. The number of aliphatic hydroxyl groups excluding tert-OH is 1. The van der Waals surface area contributed by atoms with Crippen LogP contribution >= 0.6 is 0 Å². The molecule has 1 aliphatic heterocycles. The molecule has 0 fully saturated rings. The third-order valence-electron chi connectivity index (χ3n) is 6.47. The lowest BCUT2D eigenvalue weighted by atomic mass is 9.94. The Kier molecular flexibility index (Phi) is 7.76. The number of anilines is 1. The fraction of sp³-hybridized carbons (Fsp3) is 0.367. The number of nitrogens with one attached hydrogen (secondary N) is 2. The monoisotopic (exact) mass is 504 g/mol. The zero-order valence-corrected chi connectivity index (χ0v) is 22.1. The Bertz CT molecular complexity index is 1220. The molecule has 3 aromatic rings. The predicted octanol–water partition coefficient (Wildman–Crippen LogP) is 5.03. The fourth-order valence-electron chi connectivity index (χ4n) is 4.29. The maximum atomic E-state index is 12.7. The quantitative estimate of drug-likeness (QED) is 0.359. The fourth-order valence-corrected chi connectivity index (χ4v) is 4.29. The van der Waals surface area contributed by atoms with Gasteiger partial charge in [0.2, 0.25) is 0 Å². The highest BCUT2D eigenvalue weighted by Gasteiger charge is 2.39. The summed E-state index contributed by atoms with van der Waals surface area (Å²) in [5.74, 6) is 1.47. The molecular formula is C30H36N2O5. The van der Waals surface area contributed by atoms with Crippen LogP contribution in [-0.2, 0) is 17.8 Å². The van der Waals surface area contributed by atoms with Crippen molar-refractivity contribution in [2.75, 3.05) is 19.0 Å². The van der Waals surface area contributed by atoms with Crippen molar-refractivity contribution in [3.8, 4) is 17.2 Å². The topological polar surface area (TPSA) is 89.1 Å². The smallest absolute Gasteiger partial charge is 0.268 e. The molecule has 4 rings (SSSR count). The van der Waals surface area contributed by atoms with Gasteiger partial charge in [-0.05, 0) is 69.5 Å². The lowest BCUT2D eigenvalue weighted by Crippen LogP contribution is -2.46. The van der Waals surface area contributed by atoms with Crippen molar-refractivity contribution in [1.82, 2.24) is 5.32 Å². The van der Waals surface area contributed by atoms with Gasteiger partial charge in [-0.25, -0.2) is 0 Å². The zero-order chi connectivity index (χ0) is 26.6. The van der Waals surface area contributed by atoms with Gasteiger partial charge in [0, 0.05) is 17.6 Å². The van der Waals surface area contributed by atoms with E-state index in [4.69, 9.17) is 14.2 Å². The number of β-amino-alcohol motifs (C(OH)–C–C–N with tert-alkyl or cyclic N) is 1. The van der Waals surface area contributed by atoms with Crippen LogP contribution in [0, 0.1) is 0 Å². The number of fused-ring (bicyclic) bond motifs is 1. The zero-order valence-electron chi connectivity index (χ0n) is 22.1. The summed E-state index contributed by atoms with van der Waals surface area (Å²) in [6.45, 7) is 8.25. The molecule has 0 radical (unpaired) electrons. The van der Waals surface area contributed by atoms with Crippen LogP contribution in [0.15, 0.2) is 66.7 Å². The number of hydrogen-bond acceptors (Lipinski definition) is 6. The Hall–Kier alpha value is -3.55. The third kappa shape index (κ3) is 6.42. The van der Waals surface area contributed by atoms with Crippen LogP contribution in [-0.4, -0.2) is 35.8 Å². The molecule has 1 aliphatic rings. The molecule has 0 spiro atoms. The number of ether oxygens (including phenoxy) is 3. The largest absolute Gasteiger partial charge is 0.497 e. The lowest BCUT2D eigenvalue weighted by molar-refractivity contribution is -0.129. The number of amides is 1. The average molecular weight is 505 g/mol. The Labute approximate surface area is 218 Å². The van der Waals surface area contributed by atoms with Gasteiger partial charge < -0.3 is 30.0 Å². The van der Waals surface area contributed by atoms with Gasteiger partial charge in [-0.2, -0.15) is 0 Å². The molecule has 1 unspecified atom stereocenters. The van der Waals surface area contributed by atoms with Crippen molar-refractivity contribution in [3.05, 3.63) is 83.4 Å². The van der Waals surface area contributed by atoms with Crippen molar-refractivity contribution in [3.63, 3.8) is 0 Å². The minimum absolute atomic E-state index is 0.269. The molecular weight excluding hydrogens is 468 g/mol. The summed E-state index contributed by atoms with van der Waals surface area (Å²) in [7, 11) is 1.65. The molecule has 0 bridgehead atoms. The summed E-state index contributed by atoms with van der Waals surface area (Å²) in [5.41, 5.74) is 1.84. The molecule has 37 heavy (non-hydrogen) atoms. The normalized spacial score (nSPS) is 15.2. The minimum Gasteiger partial charge on any atom is -0.497 e. The van der Waals surface area contributed by atoms with E-state index in [1.165, 1.54) is 0 Å². The highest BCUT2D eigenvalue weighted by molar-refractivity contribution is 6.02. The van der Waals surface area contributed by atoms with Crippen molar-refractivity contribution < 1.29 is 24.1 Å². The highest BCUT2D eigenvalue weighted by atomic mass is 16.5. The van der Waals surface area contributed by atoms with Gasteiger partial charge in [-0.15, -0.1) is 0 Å². The molecule has 1 amide bonds. The minimum atomic E-state index is -1.08. The molecule has 0 aromatic heterocycles. The second-order valence-electron chi connectivity index (χ2n) is 10.5. The maximum absolute atomic E-state index is 12.7. The van der Waals surface area contributed by atoms with Crippen LogP contribution in [0.25, 0.3) is 0 Å². The molecule has 1 atom stereocenters. The number of benzene rings is 3. The molecule has 3 N–H and O–H groups in total. The van der Waals surface area contributed by atoms with E-state index in [9.17, 15) is 9.90 Å². The Morgan fingerprint density at radius 1 is 1.03 bits per heavy atom. The van der Waals surface area contributed by atoms with E-state index in [1.807, 2.05) is 54.6 Å². The summed E-state index contributed by atoms with van der Waals surface area (Å²) in [6.07, 6.45) is -0.0916. The van der Waals surface area contributed by atoms with Crippen LogP contribution in [0.4, 0.5) is 5.69 Å². The van der Waals surface area contributed by atoms with E-state index >= 15 is 0 Å². The van der Waals surface area contributed by atoms with Gasteiger partial charge in [-0.3, -0.25) is 4.79 Å². The first-order chi connectivity index (χ1) is 17.6. The Morgan fingerprint density at radius 3 is 2.41 bits per heavy atom. The second-order valence-corrected chi connectivity index (χ2v) is 10.5. The Balaban J connectivity index is 1.51. The SMILES string of the molecule is COc1ccc(CC(C)(C)NCC(O)c2ccc(OCc3ccccc3)c3c2OC(C)(C)C(=O)N3)cc1. The van der Waals surface area contributed by atoms with Gasteiger partial charge in [0.25, 0.3) is 5.91 Å². The van der Waals surface area contributed by atoms with Gasteiger partial charge >= 0.3 is 0 Å². The van der Waals surface area contributed by atoms with E-state index < -0.39 is 11.7 Å². The predicted molar refractivity (Wildman–Crippen MR) is 144 cm³/mol. The summed E-state index contributed by atoms with van der Waals surface area (Å²) in [4.78, 5) is 12.7. The standard InChI is InChI=1S/C30H36N2O5/c1-29(2,17-20-11-13-22(35-5)14-12-20)31-18-24(33)23-15-16-25(36-19-21-9-7-6-8-10-21)26-27(23)37-30(3,4)28(34)32-26/h6-16,24,31,33H,17-19H2,1-5H3,(H,32,34).